The summed E-state index contributed by atoms with van der Waals surface area (Å²) in [5, 5.41) is 33.1. The number of hydrogen-bond acceptors (Lipinski definition) is 6. The molecule has 0 radical (unpaired) electrons. The number of aromatic nitrogens is 1. The topological polar surface area (TPSA) is 88.9 Å². The molecule has 6 nitrogen and oxygen atoms in total. The number of aromatic hydroxyl groups is 1. The SMILES string of the molecule is CCCC(Nc1ccc(N(O)O)cc1)c1ccc2cccnc2c1O. The van der Waals surface area contributed by atoms with Gasteiger partial charge < -0.3 is 10.4 Å². The summed E-state index contributed by atoms with van der Waals surface area (Å²) in [7, 11) is 0. The van der Waals surface area contributed by atoms with Crippen LogP contribution in [-0.2, 0) is 0 Å². The largest absolute Gasteiger partial charge is 0.505 e. The van der Waals surface area contributed by atoms with E-state index >= 15 is 0 Å². The number of rotatable bonds is 6. The monoisotopic (exact) mass is 339 g/mol. The van der Waals surface area contributed by atoms with E-state index in [1.165, 1.54) is 0 Å². The van der Waals surface area contributed by atoms with Crippen molar-refractivity contribution in [3.63, 3.8) is 0 Å². The van der Waals surface area contributed by atoms with E-state index in [0.717, 1.165) is 29.5 Å². The molecule has 1 unspecified atom stereocenters. The Hall–Kier alpha value is -2.83. The van der Waals surface area contributed by atoms with Gasteiger partial charge in [-0.1, -0.05) is 31.5 Å². The van der Waals surface area contributed by atoms with E-state index in [0.29, 0.717) is 5.52 Å². The molecule has 0 fully saturated rings. The van der Waals surface area contributed by atoms with Gasteiger partial charge in [-0.3, -0.25) is 15.4 Å². The zero-order valence-electron chi connectivity index (χ0n) is 13.9. The van der Waals surface area contributed by atoms with Gasteiger partial charge in [0.2, 0.25) is 0 Å². The summed E-state index contributed by atoms with van der Waals surface area (Å²) < 4.78 is 0. The first-order valence-electron chi connectivity index (χ1n) is 8.21. The number of hydrogen-bond donors (Lipinski definition) is 4. The highest BCUT2D eigenvalue weighted by Crippen LogP contribution is 2.35. The molecule has 0 aliphatic carbocycles. The number of anilines is 2. The molecule has 0 amide bonds. The first kappa shape index (κ1) is 17.0. The molecule has 130 valence electrons. The van der Waals surface area contributed by atoms with Gasteiger partial charge in [-0.15, -0.1) is 5.23 Å². The van der Waals surface area contributed by atoms with Crippen molar-refractivity contribution in [2.75, 3.05) is 10.5 Å². The Bertz CT molecular complexity index is 850. The maximum absolute atomic E-state index is 10.7. The van der Waals surface area contributed by atoms with Crippen LogP contribution < -0.4 is 10.5 Å². The second kappa shape index (κ2) is 7.38. The second-order valence-electron chi connectivity index (χ2n) is 5.90. The van der Waals surface area contributed by atoms with Crippen LogP contribution in [0, 0.1) is 0 Å². The molecule has 1 aromatic heterocycles. The van der Waals surface area contributed by atoms with E-state index in [9.17, 15) is 5.11 Å². The summed E-state index contributed by atoms with van der Waals surface area (Å²) >= 11 is 0. The van der Waals surface area contributed by atoms with Crippen LogP contribution in [-0.4, -0.2) is 20.5 Å². The third-order valence-corrected chi connectivity index (χ3v) is 4.17. The van der Waals surface area contributed by atoms with Gasteiger partial charge in [0, 0.05) is 22.8 Å². The average molecular weight is 339 g/mol. The van der Waals surface area contributed by atoms with Crippen molar-refractivity contribution in [3.8, 4) is 5.75 Å². The minimum Gasteiger partial charge on any atom is -0.505 e. The molecule has 0 saturated heterocycles. The van der Waals surface area contributed by atoms with Crippen LogP contribution in [0.4, 0.5) is 11.4 Å². The normalized spacial score (nSPS) is 12.1. The van der Waals surface area contributed by atoms with Gasteiger partial charge in [0.25, 0.3) is 0 Å². The summed E-state index contributed by atoms with van der Waals surface area (Å²) in [5.41, 5.74) is 2.48. The molecule has 0 aliphatic rings. The van der Waals surface area contributed by atoms with Crippen LogP contribution in [0.25, 0.3) is 10.9 Å². The molecule has 0 saturated carbocycles. The molecule has 4 N–H and O–H groups in total. The summed E-state index contributed by atoms with van der Waals surface area (Å²) in [6, 6.07) is 14.3. The summed E-state index contributed by atoms with van der Waals surface area (Å²) in [4.78, 5) is 4.28. The van der Waals surface area contributed by atoms with Gasteiger partial charge in [0.05, 0.1) is 11.7 Å². The first-order chi connectivity index (χ1) is 12.1. The van der Waals surface area contributed by atoms with Gasteiger partial charge in [-0.05, 0) is 36.8 Å². The molecule has 0 bridgehead atoms. The Morgan fingerprint density at radius 3 is 2.52 bits per heavy atom. The fourth-order valence-corrected chi connectivity index (χ4v) is 2.91. The number of phenolic OH excluding ortho intramolecular Hbond substituents is 1. The van der Waals surface area contributed by atoms with Gasteiger partial charge in [-0.25, -0.2) is 0 Å². The molecule has 3 rings (SSSR count). The third kappa shape index (κ3) is 3.65. The predicted molar refractivity (Wildman–Crippen MR) is 97.2 cm³/mol. The Labute approximate surface area is 145 Å². The molecule has 1 heterocycles. The van der Waals surface area contributed by atoms with E-state index in [-0.39, 0.29) is 22.7 Å². The Balaban J connectivity index is 1.92. The second-order valence-corrected chi connectivity index (χ2v) is 5.90. The molecule has 25 heavy (non-hydrogen) atoms. The van der Waals surface area contributed by atoms with Gasteiger partial charge in [0.15, 0.2) is 0 Å². The Morgan fingerprint density at radius 2 is 1.84 bits per heavy atom. The number of benzene rings is 2. The lowest BCUT2D eigenvalue weighted by Crippen LogP contribution is -2.12. The third-order valence-electron chi connectivity index (χ3n) is 4.17. The van der Waals surface area contributed by atoms with Crippen LogP contribution in [0.2, 0.25) is 0 Å². The minimum absolute atomic E-state index is 0.0775. The highest BCUT2D eigenvalue weighted by atomic mass is 16.8. The van der Waals surface area contributed by atoms with Gasteiger partial charge in [-0.2, -0.15) is 0 Å². The van der Waals surface area contributed by atoms with E-state index in [1.54, 1.807) is 30.5 Å². The molecule has 6 heteroatoms. The van der Waals surface area contributed by atoms with Crippen LogP contribution in [0.1, 0.15) is 31.4 Å². The average Bonchev–Trinajstić information content (AvgIpc) is 2.62. The number of fused-ring (bicyclic) bond motifs is 1. The van der Waals surface area contributed by atoms with Crippen molar-refractivity contribution < 1.29 is 15.5 Å². The first-order valence-corrected chi connectivity index (χ1v) is 8.21. The predicted octanol–water partition coefficient (Wildman–Crippen LogP) is 4.48. The lowest BCUT2D eigenvalue weighted by molar-refractivity contribution is 0.0292. The van der Waals surface area contributed by atoms with Crippen molar-refractivity contribution >= 4 is 22.3 Å². The molecule has 3 aromatic rings. The van der Waals surface area contributed by atoms with Crippen molar-refractivity contribution in [2.24, 2.45) is 0 Å². The highest BCUT2D eigenvalue weighted by Gasteiger charge is 2.17. The lowest BCUT2D eigenvalue weighted by atomic mass is 9.99. The molecule has 1 atom stereocenters. The van der Waals surface area contributed by atoms with Crippen molar-refractivity contribution in [1.82, 2.24) is 4.98 Å². The van der Waals surface area contributed by atoms with E-state index in [2.05, 4.69) is 17.2 Å². The standard InChI is InChI=1S/C19H21N3O3/c1-2-4-17(21-14-7-9-15(10-8-14)22(24)25)16-11-6-13-5-3-12-20-18(13)19(16)23/h3,5-12,17,21,23-25H,2,4H2,1H3. The van der Waals surface area contributed by atoms with Gasteiger partial charge >= 0.3 is 0 Å². The molecule has 2 aromatic carbocycles. The highest BCUT2D eigenvalue weighted by molar-refractivity contribution is 5.85. The molecule has 0 spiro atoms. The maximum atomic E-state index is 10.7. The molecular formula is C19H21N3O3. The molecular weight excluding hydrogens is 318 g/mol. The number of nitrogens with zero attached hydrogens (tertiary/aromatic N) is 2. The number of phenols is 1. The zero-order chi connectivity index (χ0) is 17.8. The number of nitrogens with one attached hydrogen (secondary N) is 1. The Morgan fingerprint density at radius 1 is 1.08 bits per heavy atom. The van der Waals surface area contributed by atoms with Crippen molar-refractivity contribution in [3.05, 3.63) is 60.3 Å². The van der Waals surface area contributed by atoms with Crippen molar-refractivity contribution in [1.29, 1.82) is 0 Å². The minimum atomic E-state index is -0.0818. The van der Waals surface area contributed by atoms with Crippen molar-refractivity contribution in [2.45, 2.75) is 25.8 Å². The van der Waals surface area contributed by atoms with E-state index in [4.69, 9.17) is 10.4 Å². The summed E-state index contributed by atoms with van der Waals surface area (Å²) in [5.74, 6) is 0.192. The van der Waals surface area contributed by atoms with E-state index < -0.39 is 0 Å². The van der Waals surface area contributed by atoms with E-state index in [1.807, 2.05) is 24.3 Å². The van der Waals surface area contributed by atoms with Crippen LogP contribution >= 0.6 is 0 Å². The smallest absolute Gasteiger partial charge is 0.147 e. The van der Waals surface area contributed by atoms with Crippen LogP contribution in [0.15, 0.2) is 54.7 Å². The van der Waals surface area contributed by atoms with Crippen LogP contribution in [0.3, 0.4) is 0 Å². The summed E-state index contributed by atoms with van der Waals surface area (Å²) in [6.07, 6.45) is 3.44. The van der Waals surface area contributed by atoms with Gasteiger partial charge in [0.1, 0.15) is 11.3 Å². The summed E-state index contributed by atoms with van der Waals surface area (Å²) in [6.45, 7) is 2.09. The number of pyridine rings is 1. The maximum Gasteiger partial charge on any atom is 0.147 e. The van der Waals surface area contributed by atoms with Crippen LogP contribution in [0.5, 0.6) is 5.75 Å². The fraction of sp³-hybridized carbons (Fsp3) is 0.211. The fourth-order valence-electron chi connectivity index (χ4n) is 2.91. The molecule has 0 aliphatic heterocycles. The quantitative estimate of drug-likeness (QED) is 0.495. The lowest BCUT2D eigenvalue weighted by Gasteiger charge is -2.22. The Kier molecular flexibility index (Phi) is 5.02. The zero-order valence-corrected chi connectivity index (χ0v) is 13.9.